The summed E-state index contributed by atoms with van der Waals surface area (Å²) in [6, 6.07) is 9.23. The van der Waals surface area contributed by atoms with Gasteiger partial charge in [0.2, 0.25) is 5.91 Å². The van der Waals surface area contributed by atoms with E-state index >= 15 is 0 Å². The number of nitrogens with one attached hydrogen (secondary N) is 2. The lowest BCUT2D eigenvalue weighted by molar-refractivity contribution is -0.121. The highest BCUT2D eigenvalue weighted by Gasteiger charge is 2.23. The monoisotopic (exact) mass is 274 g/mol. The van der Waals surface area contributed by atoms with Crippen LogP contribution in [0.15, 0.2) is 42.7 Å². The van der Waals surface area contributed by atoms with Crippen LogP contribution in [-0.4, -0.2) is 20.9 Å². The van der Waals surface area contributed by atoms with Crippen LogP contribution in [0.5, 0.6) is 0 Å². The second kappa shape index (κ2) is 6.10. The first-order valence-electron chi connectivity index (χ1n) is 5.78. The van der Waals surface area contributed by atoms with Gasteiger partial charge in [-0.3, -0.25) is 4.79 Å². The minimum absolute atomic E-state index is 0.156. The zero-order chi connectivity index (χ0) is 13.7. The third kappa shape index (κ3) is 3.38. The predicted octanol–water partition coefficient (Wildman–Crippen LogP) is 1.10. The van der Waals surface area contributed by atoms with E-state index < -0.39 is 5.92 Å². The van der Waals surface area contributed by atoms with E-state index in [1.54, 1.807) is 12.4 Å². The lowest BCUT2D eigenvalue weighted by Gasteiger charge is -2.15. The Balaban J connectivity index is 2.07. The van der Waals surface area contributed by atoms with Crippen molar-refractivity contribution in [2.75, 3.05) is 0 Å². The molecule has 2 rings (SSSR count). The Labute approximate surface area is 116 Å². The van der Waals surface area contributed by atoms with E-state index in [9.17, 15) is 4.79 Å². The van der Waals surface area contributed by atoms with Gasteiger partial charge in [0.15, 0.2) is 0 Å². The van der Waals surface area contributed by atoms with Crippen molar-refractivity contribution in [1.82, 2.24) is 15.3 Å². The number of aromatic nitrogens is 2. The van der Waals surface area contributed by atoms with Gasteiger partial charge >= 0.3 is 0 Å². The summed E-state index contributed by atoms with van der Waals surface area (Å²) >= 11 is 4.98. The minimum Gasteiger partial charge on any atom is -0.392 e. The predicted molar refractivity (Wildman–Crippen MR) is 76.4 cm³/mol. The van der Waals surface area contributed by atoms with Crippen molar-refractivity contribution in [1.29, 1.82) is 0 Å². The molecule has 6 heteroatoms. The average Bonchev–Trinajstić information content (AvgIpc) is 2.90. The summed E-state index contributed by atoms with van der Waals surface area (Å²) in [5.74, 6) is -0.163. The smallest absolute Gasteiger partial charge is 0.234 e. The largest absolute Gasteiger partial charge is 0.392 e. The fraction of sp³-hybridized carbons (Fsp3) is 0.154. The number of nitrogens with zero attached hydrogens (tertiary/aromatic N) is 1. The zero-order valence-corrected chi connectivity index (χ0v) is 11.0. The van der Waals surface area contributed by atoms with Crippen LogP contribution < -0.4 is 11.1 Å². The summed E-state index contributed by atoms with van der Waals surface area (Å²) in [7, 11) is 0. The van der Waals surface area contributed by atoms with Crippen molar-refractivity contribution in [3.63, 3.8) is 0 Å². The number of imidazole rings is 1. The number of rotatable bonds is 5. The number of benzene rings is 1. The van der Waals surface area contributed by atoms with Crippen LogP contribution >= 0.6 is 12.2 Å². The molecule has 0 aliphatic rings. The molecule has 2 aromatic rings. The molecule has 98 valence electrons. The molecule has 1 atom stereocenters. The molecule has 1 unspecified atom stereocenters. The Kier molecular flexibility index (Phi) is 4.25. The first-order chi connectivity index (χ1) is 9.18. The van der Waals surface area contributed by atoms with E-state index in [0.717, 1.165) is 5.56 Å². The molecule has 5 nitrogen and oxygen atoms in total. The first-order valence-corrected chi connectivity index (χ1v) is 6.19. The van der Waals surface area contributed by atoms with Gasteiger partial charge in [-0.15, -0.1) is 0 Å². The fourth-order valence-electron chi connectivity index (χ4n) is 1.76. The van der Waals surface area contributed by atoms with Crippen LogP contribution in [0.3, 0.4) is 0 Å². The van der Waals surface area contributed by atoms with Crippen molar-refractivity contribution < 1.29 is 4.79 Å². The van der Waals surface area contributed by atoms with E-state index in [1.165, 1.54) is 0 Å². The van der Waals surface area contributed by atoms with Gasteiger partial charge < -0.3 is 16.0 Å². The Bertz CT molecular complexity index is 553. The van der Waals surface area contributed by atoms with E-state index in [-0.39, 0.29) is 10.9 Å². The second-order valence-corrected chi connectivity index (χ2v) is 4.47. The number of hydrogen-bond acceptors (Lipinski definition) is 3. The molecule has 0 fully saturated rings. The van der Waals surface area contributed by atoms with Crippen molar-refractivity contribution >= 4 is 23.1 Å². The van der Waals surface area contributed by atoms with Crippen LogP contribution in [0, 0.1) is 0 Å². The molecule has 1 heterocycles. The normalized spacial score (nSPS) is 11.8. The topological polar surface area (TPSA) is 83.8 Å². The first kappa shape index (κ1) is 13.2. The highest BCUT2D eigenvalue weighted by Crippen LogP contribution is 2.16. The maximum atomic E-state index is 12.2. The van der Waals surface area contributed by atoms with Crippen LogP contribution in [0.1, 0.15) is 17.3 Å². The fourth-order valence-corrected chi connectivity index (χ4v) is 2.00. The number of amides is 1. The third-order valence-corrected chi connectivity index (χ3v) is 2.90. The Morgan fingerprint density at radius 1 is 1.42 bits per heavy atom. The summed E-state index contributed by atoms with van der Waals surface area (Å²) in [6.07, 6.45) is 3.33. The number of thiocarbonyl (C=S) groups is 1. The second-order valence-electron chi connectivity index (χ2n) is 4.00. The van der Waals surface area contributed by atoms with Crippen molar-refractivity contribution in [3.8, 4) is 0 Å². The van der Waals surface area contributed by atoms with Crippen molar-refractivity contribution in [3.05, 3.63) is 54.1 Å². The van der Waals surface area contributed by atoms with E-state index in [0.29, 0.717) is 12.4 Å². The summed E-state index contributed by atoms with van der Waals surface area (Å²) in [6.45, 7) is 0.317. The molecule has 0 spiro atoms. The number of nitrogens with two attached hydrogens (primary N) is 1. The van der Waals surface area contributed by atoms with Crippen LogP contribution in [0.25, 0.3) is 0 Å². The van der Waals surface area contributed by atoms with Gasteiger partial charge in [-0.25, -0.2) is 4.98 Å². The molecule has 4 N–H and O–H groups in total. The highest BCUT2D eigenvalue weighted by molar-refractivity contribution is 7.80. The minimum atomic E-state index is -0.619. The summed E-state index contributed by atoms with van der Waals surface area (Å²) in [4.78, 5) is 19.3. The van der Waals surface area contributed by atoms with Gasteiger partial charge in [0.05, 0.1) is 11.5 Å². The molecule has 0 aliphatic heterocycles. The SMILES string of the molecule is NC(=S)C(C(=O)NCc1ncc[nH]1)c1ccccc1. The van der Waals surface area contributed by atoms with Crippen molar-refractivity contribution in [2.24, 2.45) is 5.73 Å². The third-order valence-electron chi connectivity index (χ3n) is 2.66. The van der Waals surface area contributed by atoms with E-state index in [2.05, 4.69) is 15.3 Å². The quantitative estimate of drug-likeness (QED) is 0.713. The lowest BCUT2D eigenvalue weighted by Crippen LogP contribution is -2.36. The number of carbonyl (C=O) groups excluding carboxylic acids is 1. The molecule has 0 saturated heterocycles. The summed E-state index contributed by atoms with van der Waals surface area (Å²) < 4.78 is 0. The van der Waals surface area contributed by atoms with Crippen LogP contribution in [0.2, 0.25) is 0 Å². The molecule has 0 radical (unpaired) electrons. The molecular formula is C13H14N4OS. The molecule has 0 aliphatic carbocycles. The highest BCUT2D eigenvalue weighted by atomic mass is 32.1. The van der Waals surface area contributed by atoms with Gasteiger partial charge in [-0.2, -0.15) is 0 Å². The van der Waals surface area contributed by atoms with Crippen LogP contribution in [-0.2, 0) is 11.3 Å². The number of H-pyrrole nitrogens is 1. The number of aromatic amines is 1. The van der Waals surface area contributed by atoms with Gasteiger partial charge in [-0.05, 0) is 5.56 Å². The maximum Gasteiger partial charge on any atom is 0.234 e. The van der Waals surface area contributed by atoms with Gasteiger partial charge in [-0.1, -0.05) is 42.5 Å². The van der Waals surface area contributed by atoms with Crippen molar-refractivity contribution in [2.45, 2.75) is 12.5 Å². The Morgan fingerprint density at radius 3 is 2.74 bits per heavy atom. The van der Waals surface area contributed by atoms with E-state index in [1.807, 2.05) is 30.3 Å². The maximum absolute atomic E-state index is 12.2. The molecular weight excluding hydrogens is 260 g/mol. The molecule has 19 heavy (non-hydrogen) atoms. The Morgan fingerprint density at radius 2 is 2.16 bits per heavy atom. The molecule has 0 saturated carbocycles. The molecule has 1 amide bonds. The standard InChI is InChI=1S/C13H14N4OS/c14-12(19)11(9-4-2-1-3-5-9)13(18)17-8-10-15-6-7-16-10/h1-7,11H,8H2,(H2,14,19)(H,15,16)(H,17,18). The lowest BCUT2D eigenvalue weighted by atomic mass is 9.98. The summed E-state index contributed by atoms with van der Waals surface area (Å²) in [5, 5.41) is 2.76. The molecule has 1 aromatic carbocycles. The van der Waals surface area contributed by atoms with Gasteiger partial charge in [0, 0.05) is 12.4 Å². The molecule has 1 aromatic heterocycles. The summed E-state index contributed by atoms with van der Waals surface area (Å²) in [5.41, 5.74) is 6.45. The van der Waals surface area contributed by atoms with E-state index in [4.69, 9.17) is 18.0 Å². The average molecular weight is 274 g/mol. The van der Waals surface area contributed by atoms with Crippen LogP contribution in [0.4, 0.5) is 0 Å². The molecule has 0 bridgehead atoms. The van der Waals surface area contributed by atoms with Gasteiger partial charge in [0.1, 0.15) is 11.7 Å². The number of hydrogen-bond donors (Lipinski definition) is 3. The number of carbonyl (C=O) groups is 1. The van der Waals surface area contributed by atoms with Gasteiger partial charge in [0.25, 0.3) is 0 Å². The zero-order valence-electron chi connectivity index (χ0n) is 10.2. The Hall–Kier alpha value is -2.21.